The van der Waals surface area contributed by atoms with Gasteiger partial charge in [0.15, 0.2) is 0 Å². The van der Waals surface area contributed by atoms with E-state index in [1.807, 2.05) is 13.8 Å². The normalized spacial score (nSPS) is 18.0. The van der Waals surface area contributed by atoms with E-state index in [1.54, 1.807) is 55.6 Å². The van der Waals surface area contributed by atoms with E-state index in [4.69, 9.17) is 14.2 Å². The number of aliphatic hydroxyl groups excluding tert-OH is 1. The van der Waals surface area contributed by atoms with Crippen LogP contribution in [0.2, 0.25) is 0 Å². The molecule has 2 aromatic rings. The second-order valence-corrected chi connectivity index (χ2v) is 7.46. The number of nitrogens with zero attached hydrogens (tertiary/aromatic N) is 1. The van der Waals surface area contributed by atoms with Gasteiger partial charge in [0.1, 0.15) is 17.3 Å². The summed E-state index contributed by atoms with van der Waals surface area (Å²) in [5.41, 5.74) is 1.08. The number of methoxy groups -OCH3 is 2. The van der Waals surface area contributed by atoms with Crippen molar-refractivity contribution in [2.24, 2.45) is 0 Å². The number of hydrogen-bond acceptors (Lipinski definition) is 6. The molecule has 0 spiro atoms. The van der Waals surface area contributed by atoms with E-state index in [0.717, 1.165) is 0 Å². The number of ether oxygens (including phenoxy) is 3. The molecule has 3 rings (SSSR count). The van der Waals surface area contributed by atoms with Gasteiger partial charge < -0.3 is 24.2 Å². The zero-order valence-electron chi connectivity index (χ0n) is 18.1. The number of rotatable bonds is 8. The second-order valence-electron chi connectivity index (χ2n) is 7.46. The van der Waals surface area contributed by atoms with Crippen LogP contribution < -0.4 is 9.47 Å². The summed E-state index contributed by atoms with van der Waals surface area (Å²) in [6, 6.07) is 13.2. The molecule has 0 aliphatic carbocycles. The smallest absolute Gasteiger partial charge is 0.295 e. The van der Waals surface area contributed by atoms with Crippen LogP contribution in [0.5, 0.6) is 11.5 Å². The molecule has 1 N–H and O–H groups in total. The molecule has 1 aliphatic heterocycles. The monoisotopic (exact) mass is 425 g/mol. The van der Waals surface area contributed by atoms with Crippen LogP contribution in [-0.2, 0) is 14.3 Å². The zero-order valence-corrected chi connectivity index (χ0v) is 18.1. The number of hydrogen-bond donors (Lipinski definition) is 1. The zero-order chi connectivity index (χ0) is 22.5. The Morgan fingerprint density at radius 1 is 1.06 bits per heavy atom. The van der Waals surface area contributed by atoms with Crippen molar-refractivity contribution in [1.82, 2.24) is 4.90 Å². The quantitative estimate of drug-likeness (QED) is 0.396. The van der Waals surface area contributed by atoms with E-state index in [9.17, 15) is 14.7 Å². The Kier molecular flexibility index (Phi) is 6.97. The third-order valence-electron chi connectivity index (χ3n) is 4.97. The predicted octanol–water partition coefficient (Wildman–Crippen LogP) is 3.55. The molecule has 0 aromatic heterocycles. The Morgan fingerprint density at radius 2 is 1.77 bits per heavy atom. The van der Waals surface area contributed by atoms with Crippen molar-refractivity contribution in [3.8, 4) is 11.5 Å². The van der Waals surface area contributed by atoms with Crippen LogP contribution >= 0.6 is 0 Å². The molecule has 2 aromatic carbocycles. The minimum atomic E-state index is -0.764. The molecule has 0 bridgehead atoms. The fraction of sp³-hybridized carbons (Fsp3) is 0.333. The van der Waals surface area contributed by atoms with Gasteiger partial charge in [-0.1, -0.05) is 24.3 Å². The summed E-state index contributed by atoms with van der Waals surface area (Å²) < 4.78 is 16.1. The lowest BCUT2D eigenvalue weighted by atomic mass is 9.95. The van der Waals surface area contributed by atoms with Gasteiger partial charge in [0.05, 0.1) is 31.4 Å². The fourth-order valence-corrected chi connectivity index (χ4v) is 3.60. The Morgan fingerprint density at radius 3 is 2.45 bits per heavy atom. The first-order chi connectivity index (χ1) is 14.9. The third-order valence-corrected chi connectivity index (χ3v) is 4.97. The minimum absolute atomic E-state index is 0.0241. The first-order valence-corrected chi connectivity index (χ1v) is 10.1. The van der Waals surface area contributed by atoms with Gasteiger partial charge >= 0.3 is 0 Å². The Bertz CT molecular complexity index is 997. The maximum Gasteiger partial charge on any atom is 0.295 e. The largest absolute Gasteiger partial charge is 0.507 e. The first-order valence-electron chi connectivity index (χ1n) is 10.1. The molecule has 31 heavy (non-hydrogen) atoms. The molecule has 7 heteroatoms. The summed E-state index contributed by atoms with van der Waals surface area (Å²) in [5, 5.41) is 11.1. The van der Waals surface area contributed by atoms with Crippen molar-refractivity contribution in [2.45, 2.75) is 26.0 Å². The second kappa shape index (κ2) is 9.66. The predicted molar refractivity (Wildman–Crippen MR) is 116 cm³/mol. The molecule has 1 aliphatic rings. The van der Waals surface area contributed by atoms with Gasteiger partial charge in [0, 0.05) is 19.2 Å². The highest BCUT2D eigenvalue weighted by atomic mass is 16.5. The van der Waals surface area contributed by atoms with Gasteiger partial charge in [-0.3, -0.25) is 9.59 Å². The molecule has 1 amide bonds. The van der Waals surface area contributed by atoms with Crippen LogP contribution in [0.4, 0.5) is 0 Å². The highest BCUT2D eigenvalue weighted by Gasteiger charge is 2.46. The fourth-order valence-electron chi connectivity index (χ4n) is 3.60. The summed E-state index contributed by atoms with van der Waals surface area (Å²) in [6.45, 7) is 4.26. The van der Waals surface area contributed by atoms with Crippen LogP contribution in [-0.4, -0.2) is 55.2 Å². The van der Waals surface area contributed by atoms with Gasteiger partial charge in [-0.05, 0) is 43.7 Å². The van der Waals surface area contributed by atoms with E-state index in [-0.39, 0.29) is 30.6 Å². The maximum absolute atomic E-state index is 13.0. The number of carbonyl (C=O) groups is 2. The van der Waals surface area contributed by atoms with Crippen LogP contribution in [0.3, 0.4) is 0 Å². The van der Waals surface area contributed by atoms with Crippen LogP contribution in [0.15, 0.2) is 54.1 Å². The summed E-state index contributed by atoms with van der Waals surface area (Å²) >= 11 is 0. The first kappa shape index (κ1) is 22.4. The molecule has 1 fully saturated rings. The standard InChI is InChI=1S/C24H27NO6/c1-15(2)31-19-10-6-8-17(14-19)22(26)20-21(16-7-5-9-18(13-16)30-4)25(11-12-29-3)24(28)23(20)27/h5-10,13-15,21,26H,11-12H2,1-4H3/b22-20-. The average Bonchev–Trinajstić information content (AvgIpc) is 3.01. The minimum Gasteiger partial charge on any atom is -0.507 e. The molecule has 1 saturated heterocycles. The lowest BCUT2D eigenvalue weighted by Crippen LogP contribution is -2.32. The lowest BCUT2D eigenvalue weighted by Gasteiger charge is -2.25. The summed E-state index contributed by atoms with van der Waals surface area (Å²) in [5.74, 6) is -0.523. The Labute approximate surface area is 181 Å². The topological polar surface area (TPSA) is 85.3 Å². The Balaban J connectivity index is 2.14. The maximum atomic E-state index is 13.0. The third kappa shape index (κ3) is 4.72. The number of aliphatic hydroxyl groups is 1. The summed E-state index contributed by atoms with van der Waals surface area (Å²) in [7, 11) is 3.07. The van der Waals surface area contributed by atoms with Crippen molar-refractivity contribution >= 4 is 17.4 Å². The molecule has 0 saturated carbocycles. The lowest BCUT2D eigenvalue weighted by molar-refractivity contribution is -0.140. The number of benzene rings is 2. The van der Waals surface area contributed by atoms with Crippen molar-refractivity contribution in [3.05, 3.63) is 65.2 Å². The summed E-state index contributed by atoms with van der Waals surface area (Å²) in [4.78, 5) is 27.2. The van der Waals surface area contributed by atoms with Crippen LogP contribution in [0, 0.1) is 0 Å². The SMILES string of the molecule is COCCN1C(=O)C(=O)/C(=C(\O)c2cccc(OC(C)C)c2)C1c1cccc(OC)c1. The average molecular weight is 425 g/mol. The molecule has 164 valence electrons. The van der Waals surface area contributed by atoms with E-state index in [1.165, 1.54) is 12.0 Å². The van der Waals surface area contributed by atoms with E-state index < -0.39 is 17.7 Å². The van der Waals surface area contributed by atoms with E-state index in [0.29, 0.717) is 22.6 Å². The summed E-state index contributed by atoms with van der Waals surface area (Å²) in [6.07, 6.45) is -0.0474. The highest BCUT2D eigenvalue weighted by molar-refractivity contribution is 6.46. The molecule has 7 nitrogen and oxygen atoms in total. The van der Waals surface area contributed by atoms with Gasteiger partial charge in [0.25, 0.3) is 11.7 Å². The number of carbonyl (C=O) groups excluding carboxylic acids is 2. The van der Waals surface area contributed by atoms with Gasteiger partial charge in [-0.15, -0.1) is 0 Å². The van der Waals surface area contributed by atoms with Crippen LogP contribution in [0.1, 0.15) is 31.0 Å². The Hall–Kier alpha value is -3.32. The molecule has 1 atom stereocenters. The van der Waals surface area contributed by atoms with Crippen molar-refractivity contribution in [1.29, 1.82) is 0 Å². The van der Waals surface area contributed by atoms with Gasteiger partial charge in [0.2, 0.25) is 0 Å². The van der Waals surface area contributed by atoms with Gasteiger partial charge in [-0.25, -0.2) is 0 Å². The van der Waals surface area contributed by atoms with E-state index in [2.05, 4.69) is 0 Å². The number of amides is 1. The molecular weight excluding hydrogens is 398 g/mol. The highest BCUT2D eigenvalue weighted by Crippen LogP contribution is 2.40. The van der Waals surface area contributed by atoms with Crippen molar-refractivity contribution in [2.75, 3.05) is 27.4 Å². The number of likely N-dealkylation sites (tertiary alicyclic amines) is 1. The molecular formula is C24H27NO6. The number of ketones is 1. The molecule has 1 heterocycles. The molecule has 0 radical (unpaired) electrons. The number of Topliss-reactive ketones (excluding diaryl/α,β-unsaturated/α-hetero) is 1. The van der Waals surface area contributed by atoms with Crippen LogP contribution in [0.25, 0.3) is 5.76 Å². The van der Waals surface area contributed by atoms with E-state index >= 15 is 0 Å². The van der Waals surface area contributed by atoms with Crippen molar-refractivity contribution in [3.63, 3.8) is 0 Å². The molecule has 1 unspecified atom stereocenters. The van der Waals surface area contributed by atoms with Crippen molar-refractivity contribution < 1.29 is 28.9 Å². The van der Waals surface area contributed by atoms with Gasteiger partial charge in [-0.2, -0.15) is 0 Å².